The summed E-state index contributed by atoms with van der Waals surface area (Å²) >= 11 is 17.7. The Morgan fingerprint density at radius 1 is 1.07 bits per heavy atom. The summed E-state index contributed by atoms with van der Waals surface area (Å²) in [6.45, 7) is 3.28. The lowest BCUT2D eigenvalue weighted by Gasteiger charge is -2.09. The standard InChI is InChI=1S/C19H15Cl3N4O3/c1-10-5-11(2)26(25-10)17-4-3-12(8-23-17)19(28)29-9-18(27)24-16-7-14(21)13(20)6-15(16)22/h3-8H,9H2,1-2H3,(H,24,27). The second kappa shape index (κ2) is 8.82. The molecule has 2 aromatic heterocycles. The highest BCUT2D eigenvalue weighted by Crippen LogP contribution is 2.32. The molecule has 0 aliphatic carbocycles. The first-order valence-corrected chi connectivity index (χ1v) is 9.49. The SMILES string of the molecule is Cc1cc(C)n(-c2ccc(C(=O)OCC(=O)Nc3cc(Cl)c(Cl)cc3Cl)cn2)n1. The minimum absolute atomic E-state index is 0.204. The molecule has 10 heteroatoms. The van der Waals surface area contributed by atoms with Crippen molar-refractivity contribution >= 4 is 52.4 Å². The van der Waals surface area contributed by atoms with Crippen LogP contribution in [0.5, 0.6) is 0 Å². The van der Waals surface area contributed by atoms with Crippen LogP contribution in [0.2, 0.25) is 15.1 Å². The maximum atomic E-state index is 12.2. The second-order valence-corrected chi connectivity index (χ2v) is 7.34. The highest BCUT2D eigenvalue weighted by atomic mass is 35.5. The predicted octanol–water partition coefficient (Wildman–Crippen LogP) is 4.64. The van der Waals surface area contributed by atoms with E-state index in [1.165, 1.54) is 18.3 Å². The van der Waals surface area contributed by atoms with E-state index in [4.69, 9.17) is 39.5 Å². The van der Waals surface area contributed by atoms with Crippen LogP contribution in [-0.4, -0.2) is 33.2 Å². The number of halogens is 3. The summed E-state index contributed by atoms with van der Waals surface area (Å²) in [6.07, 6.45) is 1.36. The van der Waals surface area contributed by atoms with Crippen molar-refractivity contribution in [2.24, 2.45) is 0 Å². The molecular weight excluding hydrogens is 439 g/mol. The molecule has 3 rings (SSSR count). The Labute approximate surface area is 181 Å². The molecule has 2 heterocycles. The van der Waals surface area contributed by atoms with E-state index >= 15 is 0 Å². The molecule has 0 aliphatic rings. The van der Waals surface area contributed by atoms with Gasteiger partial charge in [0.25, 0.3) is 5.91 Å². The Hall–Kier alpha value is -2.61. The fourth-order valence-corrected chi connectivity index (χ4v) is 3.11. The molecule has 0 atom stereocenters. The van der Waals surface area contributed by atoms with Gasteiger partial charge < -0.3 is 10.1 Å². The van der Waals surface area contributed by atoms with Crippen molar-refractivity contribution in [3.63, 3.8) is 0 Å². The zero-order valence-corrected chi connectivity index (χ0v) is 17.6. The number of benzene rings is 1. The Balaban J connectivity index is 1.60. The molecular formula is C19H15Cl3N4O3. The third kappa shape index (κ3) is 5.06. The van der Waals surface area contributed by atoms with Crippen molar-refractivity contribution in [3.05, 3.63) is 68.5 Å². The number of ether oxygens (including phenoxy) is 1. The van der Waals surface area contributed by atoms with E-state index in [0.717, 1.165) is 11.4 Å². The molecule has 7 nitrogen and oxygen atoms in total. The lowest BCUT2D eigenvalue weighted by atomic mass is 10.3. The molecule has 0 fully saturated rings. The van der Waals surface area contributed by atoms with Crippen molar-refractivity contribution in [1.29, 1.82) is 0 Å². The van der Waals surface area contributed by atoms with Gasteiger partial charge in [0.2, 0.25) is 0 Å². The van der Waals surface area contributed by atoms with Gasteiger partial charge in [0.05, 0.1) is 32.0 Å². The number of anilines is 1. The average molecular weight is 454 g/mol. The monoisotopic (exact) mass is 452 g/mol. The zero-order valence-electron chi connectivity index (χ0n) is 15.4. The summed E-state index contributed by atoms with van der Waals surface area (Å²) in [4.78, 5) is 28.4. The van der Waals surface area contributed by atoms with Crippen LogP contribution in [0.15, 0.2) is 36.5 Å². The fraction of sp³-hybridized carbons (Fsp3) is 0.158. The van der Waals surface area contributed by atoms with Crippen LogP contribution in [-0.2, 0) is 9.53 Å². The van der Waals surface area contributed by atoms with Gasteiger partial charge in [-0.3, -0.25) is 4.79 Å². The number of hydrogen-bond acceptors (Lipinski definition) is 5. The number of nitrogens with zero attached hydrogens (tertiary/aromatic N) is 3. The number of nitrogens with one attached hydrogen (secondary N) is 1. The maximum absolute atomic E-state index is 12.2. The molecule has 150 valence electrons. The van der Waals surface area contributed by atoms with Gasteiger partial charge in [0, 0.05) is 11.9 Å². The third-order valence-electron chi connectivity index (χ3n) is 3.83. The maximum Gasteiger partial charge on any atom is 0.340 e. The van der Waals surface area contributed by atoms with Crippen LogP contribution >= 0.6 is 34.8 Å². The number of hydrogen-bond donors (Lipinski definition) is 1. The first-order valence-electron chi connectivity index (χ1n) is 8.36. The Morgan fingerprint density at radius 2 is 1.79 bits per heavy atom. The van der Waals surface area contributed by atoms with E-state index in [-0.39, 0.29) is 26.3 Å². The number of aryl methyl sites for hydroxylation is 2. The van der Waals surface area contributed by atoms with Gasteiger partial charge in [-0.25, -0.2) is 14.5 Å². The summed E-state index contributed by atoms with van der Waals surface area (Å²) in [7, 11) is 0. The molecule has 1 aromatic carbocycles. The average Bonchev–Trinajstić information content (AvgIpc) is 3.02. The van der Waals surface area contributed by atoms with Gasteiger partial charge in [0.15, 0.2) is 12.4 Å². The van der Waals surface area contributed by atoms with E-state index < -0.39 is 18.5 Å². The number of amides is 1. The molecule has 0 saturated carbocycles. The summed E-state index contributed by atoms with van der Waals surface area (Å²) in [6, 6.07) is 7.93. The summed E-state index contributed by atoms with van der Waals surface area (Å²) in [5.74, 6) is -0.696. The number of esters is 1. The number of rotatable bonds is 5. The third-order valence-corrected chi connectivity index (χ3v) is 4.86. The van der Waals surface area contributed by atoms with Crippen molar-refractivity contribution in [2.45, 2.75) is 13.8 Å². The second-order valence-electron chi connectivity index (χ2n) is 6.11. The van der Waals surface area contributed by atoms with Crippen molar-refractivity contribution in [1.82, 2.24) is 14.8 Å². The molecule has 0 spiro atoms. The first-order chi connectivity index (χ1) is 13.7. The number of carbonyl (C=O) groups is 2. The number of aromatic nitrogens is 3. The predicted molar refractivity (Wildman–Crippen MR) is 111 cm³/mol. The van der Waals surface area contributed by atoms with Crippen molar-refractivity contribution in [2.75, 3.05) is 11.9 Å². The van der Waals surface area contributed by atoms with Crippen LogP contribution < -0.4 is 5.32 Å². The highest BCUT2D eigenvalue weighted by molar-refractivity contribution is 6.44. The molecule has 0 unspecified atom stereocenters. The fourth-order valence-electron chi connectivity index (χ4n) is 2.51. The van der Waals surface area contributed by atoms with Gasteiger partial charge >= 0.3 is 5.97 Å². The van der Waals surface area contributed by atoms with Gasteiger partial charge in [-0.2, -0.15) is 5.10 Å². The molecule has 0 radical (unpaired) electrons. The Bertz CT molecular complexity index is 1080. The van der Waals surface area contributed by atoms with Crippen molar-refractivity contribution < 1.29 is 14.3 Å². The Morgan fingerprint density at radius 3 is 2.41 bits per heavy atom. The van der Waals surface area contributed by atoms with Gasteiger partial charge in [-0.1, -0.05) is 34.8 Å². The molecule has 0 saturated heterocycles. The van der Waals surface area contributed by atoms with Crippen molar-refractivity contribution in [3.8, 4) is 5.82 Å². The normalized spacial score (nSPS) is 10.7. The molecule has 3 aromatic rings. The van der Waals surface area contributed by atoms with Gasteiger partial charge in [0.1, 0.15) is 0 Å². The van der Waals surface area contributed by atoms with Crippen LogP contribution in [0, 0.1) is 13.8 Å². The van der Waals surface area contributed by atoms with Crippen LogP contribution in [0.3, 0.4) is 0 Å². The quantitative estimate of drug-likeness (QED) is 0.449. The van der Waals surface area contributed by atoms with Crippen LogP contribution in [0.4, 0.5) is 5.69 Å². The zero-order chi connectivity index (χ0) is 21.1. The minimum atomic E-state index is -0.687. The lowest BCUT2D eigenvalue weighted by Crippen LogP contribution is -2.21. The summed E-state index contributed by atoms with van der Waals surface area (Å²) in [5.41, 5.74) is 2.25. The molecule has 0 bridgehead atoms. The van der Waals surface area contributed by atoms with E-state index in [0.29, 0.717) is 5.82 Å². The molecule has 0 aliphatic heterocycles. The van der Waals surface area contributed by atoms with Gasteiger partial charge in [-0.15, -0.1) is 0 Å². The van der Waals surface area contributed by atoms with E-state index in [2.05, 4.69) is 15.4 Å². The minimum Gasteiger partial charge on any atom is -0.452 e. The lowest BCUT2D eigenvalue weighted by molar-refractivity contribution is -0.119. The van der Waals surface area contributed by atoms with E-state index in [9.17, 15) is 9.59 Å². The number of carbonyl (C=O) groups excluding carboxylic acids is 2. The smallest absolute Gasteiger partial charge is 0.340 e. The summed E-state index contributed by atoms with van der Waals surface area (Å²) < 4.78 is 6.68. The van der Waals surface area contributed by atoms with E-state index in [1.807, 2.05) is 19.9 Å². The Kier molecular flexibility index (Phi) is 6.42. The topological polar surface area (TPSA) is 86.1 Å². The van der Waals surface area contributed by atoms with E-state index in [1.54, 1.807) is 16.8 Å². The molecule has 29 heavy (non-hydrogen) atoms. The van der Waals surface area contributed by atoms with Crippen LogP contribution in [0.25, 0.3) is 5.82 Å². The largest absolute Gasteiger partial charge is 0.452 e. The van der Waals surface area contributed by atoms with Crippen LogP contribution in [0.1, 0.15) is 21.7 Å². The molecule has 1 amide bonds. The highest BCUT2D eigenvalue weighted by Gasteiger charge is 2.14. The summed E-state index contributed by atoms with van der Waals surface area (Å²) in [5, 5.41) is 7.54. The number of pyridine rings is 1. The first kappa shape index (κ1) is 21.1. The van der Waals surface area contributed by atoms with Gasteiger partial charge in [-0.05, 0) is 44.2 Å². The molecule has 1 N–H and O–H groups in total.